The van der Waals surface area contributed by atoms with E-state index in [1.807, 2.05) is 0 Å². The molecule has 0 aliphatic heterocycles. The molecule has 0 aliphatic carbocycles. The Kier molecular flexibility index (Phi) is 6.68. The van der Waals surface area contributed by atoms with Gasteiger partial charge in [0.05, 0.1) is 6.61 Å². The van der Waals surface area contributed by atoms with Crippen LogP contribution < -0.4 is 4.74 Å². The van der Waals surface area contributed by atoms with E-state index in [9.17, 15) is 8.60 Å². The van der Waals surface area contributed by atoms with E-state index in [2.05, 4.69) is 0 Å². The van der Waals surface area contributed by atoms with Crippen molar-refractivity contribution in [2.24, 2.45) is 0 Å². The van der Waals surface area contributed by atoms with Crippen LogP contribution in [0.15, 0.2) is 42.5 Å². The van der Waals surface area contributed by atoms with Crippen molar-refractivity contribution in [3.63, 3.8) is 0 Å². The summed E-state index contributed by atoms with van der Waals surface area (Å²) in [6.07, 6.45) is 0.648. The molecule has 0 N–H and O–H groups in total. The lowest BCUT2D eigenvalue weighted by Gasteiger charge is -2.07. The second-order valence-electron chi connectivity index (χ2n) is 4.68. The minimum Gasteiger partial charge on any atom is -0.494 e. The van der Waals surface area contributed by atoms with Crippen molar-refractivity contribution in [2.75, 3.05) is 12.4 Å². The van der Waals surface area contributed by atoms with Crippen molar-refractivity contribution in [3.05, 3.63) is 63.9 Å². The first-order valence-corrected chi connectivity index (χ1v) is 8.96. The summed E-state index contributed by atoms with van der Waals surface area (Å²) in [7, 11) is -1.02. The van der Waals surface area contributed by atoms with Crippen molar-refractivity contribution in [3.8, 4) is 5.75 Å². The van der Waals surface area contributed by atoms with Crippen LogP contribution in [0.4, 0.5) is 4.39 Å². The summed E-state index contributed by atoms with van der Waals surface area (Å²) in [5, 5.41) is 1.09. The average molecular weight is 361 g/mol. The Labute approximate surface area is 141 Å². The fourth-order valence-electron chi connectivity index (χ4n) is 1.83. The highest BCUT2D eigenvalue weighted by molar-refractivity contribution is 7.84. The second-order valence-corrected chi connectivity index (χ2v) is 7.10. The van der Waals surface area contributed by atoms with Gasteiger partial charge in [-0.3, -0.25) is 4.21 Å². The summed E-state index contributed by atoms with van der Waals surface area (Å²) < 4.78 is 30.2. The Hall–Kier alpha value is -1.10. The molecule has 0 saturated carbocycles. The zero-order chi connectivity index (χ0) is 15.9. The van der Waals surface area contributed by atoms with E-state index < -0.39 is 10.8 Å². The third-order valence-electron chi connectivity index (χ3n) is 2.93. The van der Waals surface area contributed by atoms with Gasteiger partial charge in [-0.25, -0.2) is 4.39 Å². The van der Waals surface area contributed by atoms with Gasteiger partial charge in [-0.05, 0) is 48.4 Å². The summed E-state index contributed by atoms with van der Waals surface area (Å²) in [5.41, 5.74) is 0.823. The second kappa shape index (κ2) is 8.51. The molecule has 2 rings (SSSR count). The molecule has 118 valence electrons. The Morgan fingerprint density at radius 1 is 1.09 bits per heavy atom. The first-order valence-electron chi connectivity index (χ1n) is 6.72. The largest absolute Gasteiger partial charge is 0.494 e. The maximum Gasteiger partial charge on any atom is 0.123 e. The van der Waals surface area contributed by atoms with Crippen LogP contribution in [0.25, 0.3) is 0 Å². The summed E-state index contributed by atoms with van der Waals surface area (Å²) in [4.78, 5) is 0. The smallest absolute Gasteiger partial charge is 0.123 e. The molecule has 2 nitrogen and oxygen atoms in total. The fourth-order valence-corrected chi connectivity index (χ4v) is 3.56. The molecule has 0 spiro atoms. The van der Waals surface area contributed by atoms with Gasteiger partial charge < -0.3 is 4.74 Å². The molecule has 22 heavy (non-hydrogen) atoms. The van der Waals surface area contributed by atoms with Gasteiger partial charge in [0.15, 0.2) is 0 Å². The summed E-state index contributed by atoms with van der Waals surface area (Å²) in [6.45, 7) is 0.436. The van der Waals surface area contributed by atoms with Crippen LogP contribution in [0.1, 0.15) is 12.0 Å². The Balaban J connectivity index is 1.72. The maximum absolute atomic E-state index is 12.7. The van der Waals surface area contributed by atoms with Crippen molar-refractivity contribution in [1.29, 1.82) is 0 Å². The van der Waals surface area contributed by atoms with Crippen LogP contribution >= 0.6 is 23.2 Å². The Morgan fingerprint density at radius 2 is 1.82 bits per heavy atom. The SMILES string of the molecule is O=[S@](CCCOc1ccc(F)cc1)Cc1ccc(Cl)cc1Cl. The summed E-state index contributed by atoms with van der Waals surface area (Å²) >= 11 is 11.9. The molecule has 0 aliphatic rings. The predicted octanol–water partition coefficient (Wildman–Crippen LogP) is 4.85. The van der Waals surface area contributed by atoms with Crippen LogP contribution in [0, 0.1) is 5.82 Å². The molecule has 2 aromatic carbocycles. The molecular formula is C16H15Cl2FO2S. The number of benzene rings is 2. The van der Waals surface area contributed by atoms with Gasteiger partial charge in [0, 0.05) is 32.4 Å². The van der Waals surface area contributed by atoms with Gasteiger partial charge in [0.25, 0.3) is 0 Å². The molecule has 6 heteroatoms. The van der Waals surface area contributed by atoms with Crippen molar-refractivity contribution < 1.29 is 13.3 Å². The van der Waals surface area contributed by atoms with Crippen LogP contribution in [0.3, 0.4) is 0 Å². The lowest BCUT2D eigenvalue weighted by molar-refractivity contribution is 0.318. The quantitative estimate of drug-likeness (QED) is 0.659. The molecular weight excluding hydrogens is 346 g/mol. The number of halogens is 3. The van der Waals surface area contributed by atoms with Crippen LogP contribution in [0.2, 0.25) is 10.0 Å². The lowest BCUT2D eigenvalue weighted by Crippen LogP contribution is -2.06. The molecule has 0 radical (unpaired) electrons. The van der Waals surface area contributed by atoms with Crippen molar-refractivity contribution >= 4 is 34.0 Å². The predicted molar refractivity (Wildman–Crippen MR) is 89.7 cm³/mol. The first kappa shape index (κ1) is 17.3. The molecule has 0 fully saturated rings. The zero-order valence-corrected chi connectivity index (χ0v) is 14.1. The van der Waals surface area contributed by atoms with Gasteiger partial charge in [-0.1, -0.05) is 29.3 Å². The minimum atomic E-state index is -1.02. The molecule has 0 unspecified atom stereocenters. The van der Waals surface area contributed by atoms with Gasteiger partial charge in [-0.2, -0.15) is 0 Å². The van der Waals surface area contributed by atoms with Crippen molar-refractivity contribution in [1.82, 2.24) is 0 Å². The molecule has 2 aromatic rings. The summed E-state index contributed by atoms with van der Waals surface area (Å²) in [6, 6.07) is 11.0. The Morgan fingerprint density at radius 3 is 2.50 bits per heavy atom. The average Bonchev–Trinajstić information content (AvgIpc) is 2.48. The zero-order valence-electron chi connectivity index (χ0n) is 11.7. The number of rotatable bonds is 7. The highest BCUT2D eigenvalue weighted by atomic mass is 35.5. The van der Waals surface area contributed by atoms with Gasteiger partial charge in [0.2, 0.25) is 0 Å². The maximum atomic E-state index is 12.7. The van der Waals surface area contributed by atoms with E-state index in [4.69, 9.17) is 27.9 Å². The van der Waals surface area contributed by atoms with Crippen LogP contribution in [0.5, 0.6) is 5.75 Å². The van der Waals surface area contributed by atoms with Crippen molar-refractivity contribution in [2.45, 2.75) is 12.2 Å². The standard InChI is InChI=1S/C16H15Cl2FO2S/c17-13-3-2-12(16(18)10-13)11-22(20)9-1-8-21-15-6-4-14(19)5-7-15/h2-7,10H,1,8-9,11H2/t22-/m1/s1. The van der Waals surface area contributed by atoms with E-state index in [1.54, 1.807) is 30.3 Å². The highest BCUT2D eigenvalue weighted by Gasteiger charge is 2.06. The molecule has 0 heterocycles. The Bertz CT molecular complexity index is 647. The number of hydrogen-bond acceptors (Lipinski definition) is 2. The third kappa shape index (κ3) is 5.59. The van der Waals surface area contributed by atoms with Crippen LogP contribution in [-0.4, -0.2) is 16.6 Å². The molecule has 0 amide bonds. The topological polar surface area (TPSA) is 26.3 Å². The van der Waals surface area contributed by atoms with E-state index in [-0.39, 0.29) is 5.82 Å². The molecule has 0 saturated heterocycles. The lowest BCUT2D eigenvalue weighted by atomic mass is 10.2. The fraction of sp³-hybridized carbons (Fsp3) is 0.250. The normalized spacial score (nSPS) is 12.1. The van der Waals surface area contributed by atoms with E-state index in [0.717, 1.165) is 5.56 Å². The van der Waals surface area contributed by atoms with Gasteiger partial charge >= 0.3 is 0 Å². The minimum absolute atomic E-state index is 0.298. The number of ether oxygens (including phenoxy) is 1. The molecule has 1 atom stereocenters. The number of hydrogen-bond donors (Lipinski definition) is 0. The highest BCUT2D eigenvalue weighted by Crippen LogP contribution is 2.22. The van der Waals surface area contributed by atoms with E-state index in [0.29, 0.717) is 40.3 Å². The van der Waals surface area contributed by atoms with E-state index in [1.165, 1.54) is 12.1 Å². The first-order chi connectivity index (χ1) is 10.5. The van der Waals surface area contributed by atoms with Crippen LogP contribution in [-0.2, 0) is 16.6 Å². The van der Waals surface area contributed by atoms with Gasteiger partial charge in [0.1, 0.15) is 11.6 Å². The molecule has 0 bridgehead atoms. The third-order valence-corrected chi connectivity index (χ3v) is 4.89. The molecule has 0 aromatic heterocycles. The summed E-state index contributed by atoms with van der Waals surface area (Å²) in [5.74, 6) is 1.22. The van der Waals surface area contributed by atoms with Gasteiger partial charge in [-0.15, -0.1) is 0 Å². The van der Waals surface area contributed by atoms with E-state index >= 15 is 0 Å². The monoisotopic (exact) mass is 360 g/mol.